The molecule has 0 radical (unpaired) electrons. The second-order valence-corrected chi connectivity index (χ2v) is 3.61. The number of alkyl halides is 3. The van der Waals surface area contributed by atoms with Crippen LogP contribution < -0.4 is 15.2 Å². The molecule has 9 heteroatoms. The fourth-order valence-corrected chi connectivity index (χ4v) is 1.25. The van der Waals surface area contributed by atoms with Crippen molar-refractivity contribution >= 4 is 5.84 Å². The predicted octanol–water partition coefficient (Wildman–Crippen LogP) is 1.70. The lowest BCUT2D eigenvalue weighted by Gasteiger charge is -2.11. The molecule has 0 bridgehead atoms. The van der Waals surface area contributed by atoms with Gasteiger partial charge in [-0.15, -0.1) is 0 Å². The van der Waals surface area contributed by atoms with Crippen LogP contribution in [0.2, 0.25) is 0 Å². The van der Waals surface area contributed by atoms with E-state index >= 15 is 0 Å². The lowest BCUT2D eigenvalue weighted by atomic mass is 10.2. The normalized spacial score (nSPS) is 12.3. The molecule has 0 fully saturated rings. The van der Waals surface area contributed by atoms with Gasteiger partial charge in [0.15, 0.2) is 12.6 Å². The Labute approximate surface area is 112 Å². The number of nitrogens with zero attached hydrogens (tertiary/aromatic N) is 1. The van der Waals surface area contributed by atoms with Crippen molar-refractivity contribution in [3.63, 3.8) is 0 Å². The molecule has 20 heavy (non-hydrogen) atoms. The molecule has 1 aromatic rings. The number of hydrogen-bond acceptors (Lipinski definition) is 5. The molecule has 6 nitrogen and oxygen atoms in total. The fourth-order valence-electron chi connectivity index (χ4n) is 1.25. The van der Waals surface area contributed by atoms with Crippen LogP contribution in [0, 0.1) is 0 Å². The monoisotopic (exact) mass is 294 g/mol. The van der Waals surface area contributed by atoms with Gasteiger partial charge in [-0.05, 0) is 12.1 Å². The highest BCUT2D eigenvalue weighted by molar-refractivity contribution is 5.97. The van der Waals surface area contributed by atoms with E-state index in [2.05, 4.69) is 9.89 Å². The highest BCUT2D eigenvalue weighted by atomic mass is 19.4. The molecule has 0 aliphatic heterocycles. The van der Waals surface area contributed by atoms with E-state index in [4.69, 9.17) is 20.4 Å². The van der Waals surface area contributed by atoms with Gasteiger partial charge in [0.2, 0.25) is 0 Å². The van der Waals surface area contributed by atoms with Crippen LogP contribution in [0.4, 0.5) is 13.2 Å². The first kappa shape index (κ1) is 15.9. The van der Waals surface area contributed by atoms with E-state index in [0.717, 1.165) is 0 Å². The van der Waals surface area contributed by atoms with Crippen molar-refractivity contribution < 1.29 is 32.6 Å². The van der Waals surface area contributed by atoms with Gasteiger partial charge in [0.05, 0.1) is 7.11 Å². The van der Waals surface area contributed by atoms with E-state index in [-0.39, 0.29) is 17.1 Å². The van der Waals surface area contributed by atoms with Crippen LogP contribution in [0.1, 0.15) is 5.56 Å². The van der Waals surface area contributed by atoms with Gasteiger partial charge in [-0.25, -0.2) is 0 Å². The smallest absolute Gasteiger partial charge is 0.411 e. The second-order valence-electron chi connectivity index (χ2n) is 3.61. The molecule has 0 atom stereocenters. The number of benzene rings is 1. The van der Waals surface area contributed by atoms with E-state index in [0.29, 0.717) is 5.75 Å². The van der Waals surface area contributed by atoms with Gasteiger partial charge in [0.1, 0.15) is 18.1 Å². The number of oxime groups is 1. The molecule has 0 aliphatic carbocycles. The summed E-state index contributed by atoms with van der Waals surface area (Å²) in [5, 5.41) is 11.4. The van der Waals surface area contributed by atoms with Crippen LogP contribution in [0.25, 0.3) is 0 Å². The standard InChI is InChI=1S/C11H13F3N2O4/c1-18-8-2-7(10(15)16-17)3-9(4-8)20-6-19-5-11(12,13)14/h2-4,17H,5-6H2,1H3,(H2,15,16). The molecule has 0 amide bonds. The first-order valence-electron chi connectivity index (χ1n) is 5.30. The van der Waals surface area contributed by atoms with Crippen molar-refractivity contribution in [2.45, 2.75) is 6.18 Å². The summed E-state index contributed by atoms with van der Waals surface area (Å²) in [6.07, 6.45) is -4.42. The minimum Gasteiger partial charge on any atom is -0.497 e. The fraction of sp³-hybridized carbons (Fsp3) is 0.364. The zero-order valence-corrected chi connectivity index (χ0v) is 10.5. The Morgan fingerprint density at radius 3 is 2.50 bits per heavy atom. The van der Waals surface area contributed by atoms with Gasteiger partial charge < -0.3 is 25.2 Å². The maximum Gasteiger partial charge on any atom is 0.411 e. The molecule has 0 heterocycles. The zero-order valence-electron chi connectivity index (χ0n) is 10.5. The van der Waals surface area contributed by atoms with E-state index in [9.17, 15) is 13.2 Å². The molecule has 0 aliphatic rings. The first-order valence-corrected chi connectivity index (χ1v) is 5.30. The average Bonchev–Trinajstić information content (AvgIpc) is 2.41. The summed E-state index contributed by atoms with van der Waals surface area (Å²) in [5.74, 6) is 0.304. The van der Waals surface area contributed by atoms with Crippen molar-refractivity contribution in [2.75, 3.05) is 20.5 Å². The van der Waals surface area contributed by atoms with Crippen LogP contribution in [-0.2, 0) is 4.74 Å². The predicted molar refractivity (Wildman–Crippen MR) is 63.0 cm³/mol. The molecule has 112 valence electrons. The molecule has 3 N–H and O–H groups in total. The highest BCUT2D eigenvalue weighted by Gasteiger charge is 2.27. The van der Waals surface area contributed by atoms with Crippen LogP contribution in [0.5, 0.6) is 11.5 Å². The summed E-state index contributed by atoms with van der Waals surface area (Å²) in [7, 11) is 1.38. The SMILES string of the molecule is COc1cc(OCOCC(F)(F)F)cc(/C(N)=N/O)c1. The van der Waals surface area contributed by atoms with Gasteiger partial charge in [-0.3, -0.25) is 0 Å². The minimum atomic E-state index is -4.42. The lowest BCUT2D eigenvalue weighted by molar-refractivity contribution is -0.186. The zero-order chi connectivity index (χ0) is 15.2. The largest absolute Gasteiger partial charge is 0.497 e. The van der Waals surface area contributed by atoms with E-state index < -0.39 is 19.6 Å². The molecule has 0 unspecified atom stereocenters. The summed E-state index contributed by atoms with van der Waals surface area (Å²) in [4.78, 5) is 0. The van der Waals surface area contributed by atoms with Crippen molar-refractivity contribution in [1.82, 2.24) is 0 Å². The Morgan fingerprint density at radius 2 is 1.95 bits per heavy atom. The Kier molecular flexibility index (Phi) is 5.44. The van der Waals surface area contributed by atoms with Gasteiger partial charge in [-0.1, -0.05) is 5.16 Å². The molecule has 1 aromatic carbocycles. The summed E-state index contributed by atoms with van der Waals surface area (Å²) in [6, 6.07) is 4.26. The summed E-state index contributed by atoms with van der Waals surface area (Å²) >= 11 is 0. The van der Waals surface area contributed by atoms with Gasteiger partial charge in [-0.2, -0.15) is 13.2 Å². The topological polar surface area (TPSA) is 86.3 Å². The Balaban J connectivity index is 2.70. The number of hydrogen-bond donors (Lipinski definition) is 2. The van der Waals surface area contributed by atoms with Crippen molar-refractivity contribution in [2.24, 2.45) is 10.9 Å². The summed E-state index contributed by atoms with van der Waals surface area (Å²) in [5.41, 5.74) is 5.70. The number of rotatable bonds is 6. The lowest BCUT2D eigenvalue weighted by Crippen LogP contribution is -2.19. The van der Waals surface area contributed by atoms with Crippen LogP contribution >= 0.6 is 0 Å². The molecule has 0 aromatic heterocycles. The third-order valence-corrected chi connectivity index (χ3v) is 2.09. The van der Waals surface area contributed by atoms with Crippen LogP contribution in [-0.4, -0.2) is 37.7 Å². The number of halogens is 3. The van der Waals surface area contributed by atoms with E-state index in [1.54, 1.807) is 0 Å². The maximum absolute atomic E-state index is 11.9. The quantitative estimate of drug-likeness (QED) is 0.208. The Bertz CT molecular complexity index is 477. The van der Waals surface area contributed by atoms with E-state index in [1.807, 2.05) is 0 Å². The number of amidine groups is 1. The van der Waals surface area contributed by atoms with Gasteiger partial charge >= 0.3 is 6.18 Å². The maximum atomic E-state index is 11.9. The molecule has 0 spiro atoms. The van der Waals surface area contributed by atoms with Crippen molar-refractivity contribution in [3.8, 4) is 11.5 Å². The third-order valence-electron chi connectivity index (χ3n) is 2.09. The minimum absolute atomic E-state index is 0.160. The van der Waals surface area contributed by atoms with Crippen molar-refractivity contribution in [1.29, 1.82) is 0 Å². The molecular formula is C11H13F3N2O4. The summed E-state index contributed by atoms with van der Waals surface area (Å²) in [6.45, 7) is -2.01. The van der Waals surface area contributed by atoms with Crippen LogP contribution in [0.15, 0.2) is 23.4 Å². The molecule has 0 saturated heterocycles. The number of nitrogens with two attached hydrogens (primary N) is 1. The third kappa shape index (κ3) is 5.22. The molecule has 0 saturated carbocycles. The number of ether oxygens (including phenoxy) is 3. The molecule has 1 rings (SSSR count). The molecular weight excluding hydrogens is 281 g/mol. The van der Waals surface area contributed by atoms with Crippen LogP contribution in [0.3, 0.4) is 0 Å². The first-order chi connectivity index (χ1) is 9.35. The Hall–Kier alpha value is -2.16. The Morgan fingerprint density at radius 1 is 1.30 bits per heavy atom. The van der Waals surface area contributed by atoms with Gasteiger partial charge in [0, 0.05) is 11.6 Å². The van der Waals surface area contributed by atoms with Gasteiger partial charge in [0.25, 0.3) is 0 Å². The van der Waals surface area contributed by atoms with E-state index in [1.165, 1.54) is 25.3 Å². The average molecular weight is 294 g/mol. The number of methoxy groups -OCH3 is 1. The second kappa shape index (κ2) is 6.85. The summed E-state index contributed by atoms with van der Waals surface area (Å²) < 4.78 is 49.8. The van der Waals surface area contributed by atoms with Crippen molar-refractivity contribution in [3.05, 3.63) is 23.8 Å². The highest BCUT2D eigenvalue weighted by Crippen LogP contribution is 2.23.